The number of allylic oxidation sites excluding steroid dienone is 1. The van der Waals surface area contributed by atoms with Gasteiger partial charge in [-0.05, 0) is 25.1 Å². The van der Waals surface area contributed by atoms with Crippen LogP contribution in [0.25, 0.3) is 34.2 Å². The Morgan fingerprint density at radius 1 is 0.907 bits per heavy atom. The number of rotatable bonds is 5. The van der Waals surface area contributed by atoms with E-state index in [-0.39, 0.29) is 85.4 Å². The van der Waals surface area contributed by atoms with Crippen molar-refractivity contribution >= 4 is 17.1 Å². The van der Waals surface area contributed by atoms with Crippen LogP contribution in [0, 0.1) is 68.0 Å². The van der Waals surface area contributed by atoms with Gasteiger partial charge in [0.2, 0.25) is 11.7 Å². The molecule has 0 radical (unpaired) electrons. The molecule has 0 saturated carbocycles. The fourth-order valence-corrected chi connectivity index (χ4v) is 4.00. The third-order valence-corrected chi connectivity index (χ3v) is 5.92. The molecule has 0 spiro atoms. The number of aromatic nitrogens is 4. The fourth-order valence-electron chi connectivity index (χ4n) is 4.00. The van der Waals surface area contributed by atoms with Crippen LogP contribution in [-0.2, 0) is 9.53 Å². The van der Waals surface area contributed by atoms with E-state index >= 15 is 0 Å². The molecular weight excluding hydrogens is 552 g/mol. The molecule has 1 unspecified atom stereocenters. The summed E-state index contributed by atoms with van der Waals surface area (Å²) in [6.45, 7) is 1.54. The van der Waals surface area contributed by atoms with Crippen LogP contribution in [0.1, 0.15) is 35.4 Å². The lowest BCUT2D eigenvalue weighted by molar-refractivity contribution is -0.143. The monoisotopic (exact) mass is 562 g/mol. The lowest BCUT2D eigenvalue weighted by atomic mass is 10.1. The summed E-state index contributed by atoms with van der Waals surface area (Å²) in [6, 6.07) is 16.6. The minimum Gasteiger partial charge on any atom is -0.465 e. The first-order chi connectivity index (χ1) is 20.9. The van der Waals surface area contributed by atoms with Gasteiger partial charge in [-0.25, -0.2) is 29.9 Å². The van der Waals surface area contributed by atoms with Crippen LogP contribution >= 0.6 is 0 Å². The van der Waals surface area contributed by atoms with E-state index in [0.29, 0.717) is 0 Å². The largest absolute Gasteiger partial charge is 0.465 e. The standard InChI is InChI=1S/C28H10N12O3/c1-2-42-28(41)18(12-34)25-38-24(16-3-4-19-22(17(16)11-33)37-23(35-19)15(9-31)10-32)39-26(40-25)27-36-20-5-13(7-29)14(8-30)6-21(20)43-27/h3-6,18H,2H2,1H3. The highest BCUT2D eigenvalue weighted by Crippen LogP contribution is 2.28. The van der Waals surface area contributed by atoms with Crippen LogP contribution in [0.5, 0.6) is 0 Å². The van der Waals surface area contributed by atoms with Gasteiger partial charge in [-0.3, -0.25) is 4.79 Å². The van der Waals surface area contributed by atoms with E-state index in [1.54, 1.807) is 25.1 Å². The van der Waals surface area contributed by atoms with Gasteiger partial charge in [-0.1, -0.05) is 0 Å². The maximum atomic E-state index is 12.6. The van der Waals surface area contributed by atoms with Crippen LogP contribution in [-0.4, -0.2) is 32.5 Å². The molecule has 1 aliphatic rings. The molecule has 3 heterocycles. The van der Waals surface area contributed by atoms with Gasteiger partial charge in [0, 0.05) is 11.6 Å². The van der Waals surface area contributed by atoms with E-state index in [0.717, 1.165) is 0 Å². The van der Waals surface area contributed by atoms with Crippen molar-refractivity contribution in [3.05, 3.63) is 68.9 Å². The molecule has 2 aromatic carbocycles. The number of carbonyl (C=O) groups excluding carboxylic acids is 1. The second-order valence-electron chi connectivity index (χ2n) is 8.38. The Labute approximate surface area is 240 Å². The summed E-state index contributed by atoms with van der Waals surface area (Å²) in [5.41, 5.74) is 0.124. The van der Waals surface area contributed by atoms with E-state index in [2.05, 4.69) is 29.9 Å². The Bertz CT molecular complexity index is 2250. The Morgan fingerprint density at radius 2 is 1.63 bits per heavy atom. The van der Waals surface area contributed by atoms with Crippen LogP contribution in [0.4, 0.5) is 0 Å². The number of carbonyl (C=O) groups is 1. The first-order valence-corrected chi connectivity index (χ1v) is 12.0. The highest BCUT2D eigenvalue weighted by molar-refractivity contribution is 5.81. The molecule has 15 nitrogen and oxygen atoms in total. The van der Waals surface area contributed by atoms with Crippen molar-refractivity contribution in [3.63, 3.8) is 0 Å². The molecule has 4 aromatic rings. The molecule has 43 heavy (non-hydrogen) atoms. The van der Waals surface area contributed by atoms with Gasteiger partial charge in [0.1, 0.15) is 41.2 Å². The van der Waals surface area contributed by atoms with Gasteiger partial charge in [-0.15, -0.1) is 0 Å². The van der Waals surface area contributed by atoms with E-state index < -0.39 is 11.9 Å². The summed E-state index contributed by atoms with van der Waals surface area (Å²) in [7, 11) is 0. The molecular formula is C28H10N12O3. The molecule has 0 fully saturated rings. The average molecular weight is 562 g/mol. The number of nitrogens with zero attached hydrogens (tertiary/aromatic N) is 12. The number of benzene rings is 2. The molecule has 5 rings (SSSR count). The molecule has 15 heteroatoms. The van der Waals surface area contributed by atoms with Crippen LogP contribution in [0.3, 0.4) is 0 Å². The Morgan fingerprint density at radius 3 is 2.28 bits per heavy atom. The zero-order valence-corrected chi connectivity index (χ0v) is 21.7. The molecule has 0 amide bonds. The van der Waals surface area contributed by atoms with E-state index in [1.165, 1.54) is 24.3 Å². The average Bonchev–Trinajstić information content (AvgIpc) is 3.65. The second kappa shape index (κ2) is 11.0. The molecule has 0 aliphatic carbocycles. The molecule has 2 aromatic heterocycles. The summed E-state index contributed by atoms with van der Waals surface area (Å²) in [4.78, 5) is 38.2. The summed E-state index contributed by atoms with van der Waals surface area (Å²) >= 11 is 0. The SMILES string of the molecule is CCOC(=O)C(C#N)c1nc(-c2nc3cc(C#N)c(C#N)cc3o2)nc(-c2ccc3c(c2C#N)=NC(=C(C#N)C#N)N=3)n1. The first-order valence-electron chi connectivity index (χ1n) is 12.0. The molecule has 1 atom stereocenters. The Balaban J connectivity index is 1.78. The van der Waals surface area contributed by atoms with Gasteiger partial charge >= 0.3 is 5.97 Å². The smallest absolute Gasteiger partial charge is 0.331 e. The van der Waals surface area contributed by atoms with Crippen molar-refractivity contribution in [2.24, 2.45) is 9.98 Å². The van der Waals surface area contributed by atoms with Crippen molar-refractivity contribution < 1.29 is 13.9 Å². The fraction of sp³-hybridized carbons (Fsp3) is 0.107. The van der Waals surface area contributed by atoms with Gasteiger partial charge in [-0.2, -0.15) is 31.6 Å². The number of esters is 1. The number of oxazole rings is 1. The summed E-state index contributed by atoms with van der Waals surface area (Å²) < 4.78 is 10.8. The third-order valence-electron chi connectivity index (χ3n) is 5.92. The first kappa shape index (κ1) is 27.2. The van der Waals surface area contributed by atoms with E-state index in [4.69, 9.17) is 9.15 Å². The third kappa shape index (κ3) is 4.71. The molecule has 0 N–H and O–H groups in total. The van der Waals surface area contributed by atoms with Crippen molar-refractivity contribution in [2.75, 3.05) is 6.61 Å². The number of hydrogen-bond acceptors (Lipinski definition) is 15. The predicted molar refractivity (Wildman–Crippen MR) is 138 cm³/mol. The second-order valence-corrected chi connectivity index (χ2v) is 8.38. The Hall–Kier alpha value is -7.33. The van der Waals surface area contributed by atoms with Gasteiger partial charge in [0.25, 0.3) is 5.89 Å². The van der Waals surface area contributed by atoms with Gasteiger partial charge < -0.3 is 9.15 Å². The van der Waals surface area contributed by atoms with E-state index in [1.807, 2.05) is 18.2 Å². The normalized spacial score (nSPS) is 11.7. The highest BCUT2D eigenvalue weighted by Gasteiger charge is 2.29. The van der Waals surface area contributed by atoms with Crippen molar-refractivity contribution in [2.45, 2.75) is 12.8 Å². The van der Waals surface area contributed by atoms with Crippen LogP contribution < -0.4 is 10.7 Å². The summed E-state index contributed by atoms with van der Waals surface area (Å²) in [5, 5.41) is 57.3. The minimum absolute atomic E-state index is 0.0208. The topological polar surface area (TPSA) is 258 Å². The van der Waals surface area contributed by atoms with Crippen molar-refractivity contribution in [1.82, 2.24) is 19.9 Å². The zero-order chi connectivity index (χ0) is 30.7. The Kier molecular flexibility index (Phi) is 6.99. The van der Waals surface area contributed by atoms with Crippen molar-refractivity contribution in [3.8, 4) is 59.5 Å². The van der Waals surface area contributed by atoms with E-state index in [9.17, 15) is 36.4 Å². The molecule has 200 valence electrons. The maximum absolute atomic E-state index is 12.6. The lowest BCUT2D eigenvalue weighted by Crippen LogP contribution is -2.26. The van der Waals surface area contributed by atoms with Gasteiger partial charge in [0.15, 0.2) is 28.6 Å². The quantitative estimate of drug-likeness (QED) is 0.248. The molecule has 0 bridgehead atoms. The minimum atomic E-state index is -1.59. The number of ether oxygens (including phenoxy) is 1. The maximum Gasteiger partial charge on any atom is 0.331 e. The molecule has 0 saturated heterocycles. The number of hydrogen-bond donors (Lipinski definition) is 0. The predicted octanol–water partition coefficient (Wildman–Crippen LogP) is 1.64. The molecule has 1 aliphatic heterocycles. The van der Waals surface area contributed by atoms with Gasteiger partial charge in [0.05, 0.1) is 34.7 Å². The van der Waals surface area contributed by atoms with Crippen LogP contribution in [0.2, 0.25) is 0 Å². The zero-order valence-electron chi connectivity index (χ0n) is 21.7. The highest BCUT2D eigenvalue weighted by atomic mass is 16.5. The summed E-state index contributed by atoms with van der Waals surface area (Å²) in [5.74, 6) is -3.63. The van der Waals surface area contributed by atoms with Crippen molar-refractivity contribution in [1.29, 1.82) is 31.6 Å². The van der Waals surface area contributed by atoms with Crippen LogP contribution in [0.15, 0.2) is 50.1 Å². The lowest BCUT2D eigenvalue weighted by Gasteiger charge is -2.10. The number of fused-ring (bicyclic) bond motifs is 2. The summed E-state index contributed by atoms with van der Waals surface area (Å²) in [6.07, 6.45) is 0. The number of nitriles is 6.